The van der Waals surface area contributed by atoms with Gasteiger partial charge in [0.25, 0.3) is 0 Å². The Morgan fingerprint density at radius 2 is 1.73 bits per heavy atom. The SMILES string of the molecule is [C-]#[N+]/C(=C\C1=C2C=CC=C3C=C(/C=C(\C#N)c4ccc(C)cc4)C4=C(C(=C1)CC=C4)C32)c1ccc(C(F)(F)F)cc1. The molecule has 0 bridgehead atoms. The van der Waals surface area contributed by atoms with Crippen molar-refractivity contribution in [1.82, 2.24) is 0 Å². The summed E-state index contributed by atoms with van der Waals surface area (Å²) in [5, 5.41) is 9.99. The van der Waals surface area contributed by atoms with Gasteiger partial charge < -0.3 is 0 Å². The summed E-state index contributed by atoms with van der Waals surface area (Å²) in [5.74, 6) is -0.0205. The van der Waals surface area contributed by atoms with Crippen LogP contribution in [0.15, 0.2) is 142 Å². The lowest BCUT2D eigenvalue weighted by Gasteiger charge is -2.38. The normalized spacial score (nSPS) is 19.7. The zero-order valence-electron chi connectivity index (χ0n) is 22.1. The molecule has 2 aromatic rings. The molecule has 6 rings (SSSR count). The number of hydrogen-bond acceptors (Lipinski definition) is 1. The Balaban J connectivity index is 1.43. The molecule has 0 N–H and O–H groups in total. The number of benzene rings is 2. The van der Waals surface area contributed by atoms with Gasteiger partial charge in [0.05, 0.1) is 23.8 Å². The van der Waals surface area contributed by atoms with Crippen molar-refractivity contribution in [2.24, 2.45) is 5.92 Å². The third-order valence-corrected chi connectivity index (χ3v) is 7.76. The summed E-state index contributed by atoms with van der Waals surface area (Å²) in [6.45, 7) is 9.80. The maximum absolute atomic E-state index is 13.1. The van der Waals surface area contributed by atoms with Gasteiger partial charge >= 0.3 is 6.18 Å². The molecule has 0 saturated heterocycles. The largest absolute Gasteiger partial charge is 0.416 e. The van der Waals surface area contributed by atoms with Crippen LogP contribution >= 0.6 is 0 Å². The molecule has 2 nitrogen and oxygen atoms in total. The van der Waals surface area contributed by atoms with Crippen molar-refractivity contribution in [3.05, 3.63) is 176 Å². The second kappa shape index (κ2) is 10.1. The van der Waals surface area contributed by atoms with Crippen LogP contribution in [-0.4, -0.2) is 0 Å². The first-order valence-corrected chi connectivity index (χ1v) is 13.2. The van der Waals surface area contributed by atoms with Crippen molar-refractivity contribution in [1.29, 1.82) is 5.26 Å². The molecule has 4 aliphatic rings. The summed E-state index contributed by atoms with van der Waals surface area (Å²) in [5.41, 5.74) is 9.97. The molecule has 0 aromatic heterocycles. The Morgan fingerprint density at radius 3 is 2.41 bits per heavy atom. The average Bonchev–Trinajstić information content (AvgIpc) is 2.98. The van der Waals surface area contributed by atoms with Crippen molar-refractivity contribution in [2.75, 3.05) is 0 Å². The maximum Gasteiger partial charge on any atom is 0.416 e. The van der Waals surface area contributed by atoms with Crippen LogP contribution in [0.3, 0.4) is 0 Å². The number of alkyl halides is 3. The monoisotopic (exact) mass is 540 g/mol. The minimum atomic E-state index is -4.43. The van der Waals surface area contributed by atoms with Gasteiger partial charge in [-0.05, 0) is 75.6 Å². The topological polar surface area (TPSA) is 28.1 Å². The highest BCUT2D eigenvalue weighted by atomic mass is 19.4. The molecular weight excluding hydrogens is 517 g/mol. The number of halogens is 3. The number of hydrogen-bond donors (Lipinski definition) is 0. The standard InChI is InChI=1S/C36H23F3N2/c1-22-9-11-23(12-10-22)29(21-40)19-27-17-25-5-4-8-32-28(18-26-6-3-7-31(27)34(26)35(25)32)20-33(41-2)24-13-15-30(16-14-24)36(37,38)39/h3-5,7-20,35H,6H2,1H3/b29-19+,33-20-. The van der Waals surface area contributed by atoms with E-state index in [2.05, 4.69) is 41.3 Å². The molecule has 0 aliphatic heterocycles. The molecule has 1 unspecified atom stereocenters. The predicted molar refractivity (Wildman–Crippen MR) is 155 cm³/mol. The maximum atomic E-state index is 13.1. The van der Waals surface area contributed by atoms with E-state index < -0.39 is 11.7 Å². The van der Waals surface area contributed by atoms with Crippen LogP contribution in [0.5, 0.6) is 0 Å². The molecule has 0 fully saturated rings. The molecule has 2 aromatic carbocycles. The average molecular weight is 541 g/mol. The van der Waals surface area contributed by atoms with Gasteiger partial charge in [0, 0.05) is 5.92 Å². The van der Waals surface area contributed by atoms with Crippen LogP contribution in [0.2, 0.25) is 0 Å². The van der Waals surface area contributed by atoms with Gasteiger partial charge in [-0.2, -0.15) is 18.4 Å². The lowest BCUT2D eigenvalue weighted by molar-refractivity contribution is -0.137. The van der Waals surface area contributed by atoms with Gasteiger partial charge in [0.15, 0.2) is 5.70 Å². The van der Waals surface area contributed by atoms with Gasteiger partial charge in [-0.1, -0.05) is 96.6 Å². The Labute approximate surface area is 237 Å². The molecule has 4 aliphatic carbocycles. The molecule has 0 heterocycles. The molecule has 41 heavy (non-hydrogen) atoms. The van der Waals surface area contributed by atoms with Crippen LogP contribution in [0.1, 0.15) is 28.7 Å². The number of allylic oxidation sites excluding steroid dienone is 17. The summed E-state index contributed by atoms with van der Waals surface area (Å²) < 4.78 is 39.2. The van der Waals surface area contributed by atoms with E-state index in [1.807, 2.05) is 49.4 Å². The fourth-order valence-electron chi connectivity index (χ4n) is 5.76. The van der Waals surface area contributed by atoms with Gasteiger partial charge in [0.1, 0.15) is 0 Å². The summed E-state index contributed by atoms with van der Waals surface area (Å²) in [4.78, 5) is 3.67. The van der Waals surface area contributed by atoms with Crippen molar-refractivity contribution < 1.29 is 13.2 Å². The van der Waals surface area contributed by atoms with E-state index >= 15 is 0 Å². The second-order valence-corrected chi connectivity index (χ2v) is 10.3. The van der Waals surface area contributed by atoms with E-state index in [9.17, 15) is 18.4 Å². The Hall–Kier alpha value is -5.13. The van der Waals surface area contributed by atoms with Gasteiger partial charge in [-0.25, -0.2) is 4.85 Å². The van der Waals surface area contributed by atoms with Crippen molar-refractivity contribution in [3.8, 4) is 6.07 Å². The van der Waals surface area contributed by atoms with E-state index in [0.29, 0.717) is 11.1 Å². The van der Waals surface area contributed by atoms with E-state index in [1.54, 1.807) is 6.08 Å². The molecule has 5 heteroatoms. The summed E-state index contributed by atoms with van der Waals surface area (Å²) >= 11 is 0. The highest BCUT2D eigenvalue weighted by Gasteiger charge is 2.36. The van der Waals surface area contributed by atoms with Crippen molar-refractivity contribution in [2.45, 2.75) is 19.5 Å². The smallest absolute Gasteiger partial charge is 0.238 e. The Kier molecular flexibility index (Phi) is 6.45. The summed E-state index contributed by atoms with van der Waals surface area (Å²) in [7, 11) is 0. The van der Waals surface area contributed by atoms with Crippen LogP contribution in [0.25, 0.3) is 16.1 Å². The molecular formula is C36H23F3N2. The minimum Gasteiger partial charge on any atom is -0.238 e. The highest BCUT2D eigenvalue weighted by molar-refractivity contribution is 5.83. The number of nitriles is 1. The van der Waals surface area contributed by atoms with Crippen molar-refractivity contribution in [3.63, 3.8) is 0 Å². The third-order valence-electron chi connectivity index (χ3n) is 7.76. The van der Waals surface area contributed by atoms with Crippen LogP contribution in [-0.2, 0) is 6.18 Å². The number of aryl methyl sites for hydroxylation is 1. The van der Waals surface area contributed by atoms with Crippen LogP contribution < -0.4 is 0 Å². The molecule has 0 saturated carbocycles. The van der Waals surface area contributed by atoms with E-state index in [0.717, 1.165) is 63.1 Å². The third kappa shape index (κ3) is 4.77. The Morgan fingerprint density at radius 1 is 1.00 bits per heavy atom. The molecule has 0 radical (unpaired) electrons. The number of nitrogens with zero attached hydrogens (tertiary/aromatic N) is 2. The van der Waals surface area contributed by atoms with E-state index in [-0.39, 0.29) is 11.6 Å². The second-order valence-electron chi connectivity index (χ2n) is 10.3. The van der Waals surface area contributed by atoms with Gasteiger partial charge in [-0.3, -0.25) is 0 Å². The fourth-order valence-corrected chi connectivity index (χ4v) is 5.76. The molecule has 0 amide bonds. The highest BCUT2D eigenvalue weighted by Crippen LogP contribution is 2.51. The minimum absolute atomic E-state index is 0.0205. The van der Waals surface area contributed by atoms with E-state index in [1.165, 1.54) is 17.7 Å². The lowest BCUT2D eigenvalue weighted by Crippen LogP contribution is -2.23. The zero-order chi connectivity index (χ0) is 28.7. The molecule has 198 valence electrons. The first-order chi connectivity index (χ1) is 19.8. The number of rotatable bonds is 4. The lowest BCUT2D eigenvalue weighted by atomic mass is 9.65. The summed E-state index contributed by atoms with van der Waals surface area (Å²) in [6, 6.07) is 15.0. The zero-order valence-corrected chi connectivity index (χ0v) is 22.1. The summed E-state index contributed by atoms with van der Waals surface area (Å²) in [6.07, 6.45) is 14.6. The van der Waals surface area contributed by atoms with Crippen LogP contribution in [0, 0.1) is 30.7 Å². The first-order valence-electron chi connectivity index (χ1n) is 13.2. The Bertz CT molecular complexity index is 1830. The van der Waals surface area contributed by atoms with Gasteiger partial charge in [0.2, 0.25) is 0 Å². The van der Waals surface area contributed by atoms with Crippen molar-refractivity contribution >= 4 is 11.3 Å². The molecule has 1 atom stereocenters. The van der Waals surface area contributed by atoms with Crippen LogP contribution in [0.4, 0.5) is 13.2 Å². The van der Waals surface area contributed by atoms with E-state index in [4.69, 9.17) is 6.57 Å². The molecule has 0 spiro atoms. The van der Waals surface area contributed by atoms with Gasteiger partial charge in [-0.15, -0.1) is 0 Å². The fraction of sp³-hybridized carbons (Fsp3) is 0.111. The predicted octanol–water partition coefficient (Wildman–Crippen LogP) is 9.43. The quantitative estimate of drug-likeness (QED) is 0.280. The first kappa shape index (κ1) is 26.1.